The Labute approximate surface area is 87.7 Å². The second-order valence-electron chi connectivity index (χ2n) is 3.88. The molecule has 0 radical (unpaired) electrons. The summed E-state index contributed by atoms with van der Waals surface area (Å²) >= 11 is 0. The van der Waals surface area contributed by atoms with Crippen molar-refractivity contribution in [3.63, 3.8) is 0 Å². The van der Waals surface area contributed by atoms with Gasteiger partial charge in [0.2, 0.25) is 0 Å². The van der Waals surface area contributed by atoms with Gasteiger partial charge in [-0.2, -0.15) is 0 Å². The molecule has 0 bridgehead atoms. The van der Waals surface area contributed by atoms with E-state index >= 15 is 0 Å². The Morgan fingerprint density at radius 2 is 2.07 bits per heavy atom. The molecule has 1 aliphatic rings. The fraction of sp³-hybridized carbons (Fsp3) is 0.600. The first-order valence-corrected chi connectivity index (χ1v) is 4.94. The lowest BCUT2D eigenvalue weighted by atomic mass is 9.79. The van der Waals surface area contributed by atoms with E-state index in [1.165, 1.54) is 0 Å². The van der Waals surface area contributed by atoms with Crippen molar-refractivity contribution in [1.29, 1.82) is 0 Å². The van der Waals surface area contributed by atoms with Crippen molar-refractivity contribution in [2.45, 2.75) is 31.8 Å². The van der Waals surface area contributed by atoms with E-state index in [0.717, 1.165) is 19.3 Å². The molecule has 1 heterocycles. The van der Waals surface area contributed by atoms with Gasteiger partial charge in [0, 0.05) is 7.11 Å². The Hall–Kier alpha value is -1.23. The van der Waals surface area contributed by atoms with Crippen molar-refractivity contribution < 1.29 is 9.13 Å². The van der Waals surface area contributed by atoms with Crippen LogP contribution in [0.25, 0.3) is 0 Å². The standard InChI is InChI=1S/C10H14FN3O/c1-6-7(11)8(12)14-9(13-6)10(15-2)4-3-5-10/h3-5H2,1-2H3,(H2,12,13,14). The summed E-state index contributed by atoms with van der Waals surface area (Å²) in [7, 11) is 1.62. The minimum Gasteiger partial charge on any atom is -0.381 e. The molecule has 1 aromatic heterocycles. The second kappa shape index (κ2) is 3.41. The molecular formula is C10H14FN3O. The number of aromatic nitrogens is 2. The number of aryl methyl sites for hydroxylation is 1. The van der Waals surface area contributed by atoms with E-state index in [9.17, 15) is 4.39 Å². The molecule has 0 unspecified atom stereocenters. The van der Waals surface area contributed by atoms with Crippen molar-refractivity contribution >= 4 is 5.82 Å². The largest absolute Gasteiger partial charge is 0.381 e. The average Bonchev–Trinajstić information content (AvgIpc) is 2.13. The molecule has 2 rings (SSSR count). The van der Waals surface area contributed by atoms with Gasteiger partial charge in [-0.25, -0.2) is 14.4 Å². The molecule has 0 spiro atoms. The number of hydrogen-bond acceptors (Lipinski definition) is 4. The van der Waals surface area contributed by atoms with E-state index in [1.54, 1.807) is 14.0 Å². The Kier molecular flexibility index (Phi) is 2.34. The van der Waals surface area contributed by atoms with E-state index in [0.29, 0.717) is 5.82 Å². The quantitative estimate of drug-likeness (QED) is 0.805. The van der Waals surface area contributed by atoms with Gasteiger partial charge >= 0.3 is 0 Å². The van der Waals surface area contributed by atoms with E-state index in [2.05, 4.69) is 9.97 Å². The first-order chi connectivity index (χ1) is 7.09. The van der Waals surface area contributed by atoms with Crippen LogP contribution in [0.15, 0.2) is 0 Å². The molecule has 0 amide bonds. The number of hydrogen-bond donors (Lipinski definition) is 1. The molecule has 1 aromatic rings. The molecule has 0 atom stereocenters. The van der Waals surface area contributed by atoms with Gasteiger partial charge in [-0.05, 0) is 26.2 Å². The molecule has 15 heavy (non-hydrogen) atoms. The highest BCUT2D eigenvalue weighted by molar-refractivity contribution is 5.33. The number of halogens is 1. The highest BCUT2D eigenvalue weighted by Gasteiger charge is 2.42. The molecule has 1 fully saturated rings. The van der Waals surface area contributed by atoms with Crippen LogP contribution in [0.4, 0.5) is 10.2 Å². The van der Waals surface area contributed by atoms with Gasteiger partial charge in [-0.15, -0.1) is 0 Å². The molecule has 4 nitrogen and oxygen atoms in total. The smallest absolute Gasteiger partial charge is 0.186 e. The molecule has 1 saturated carbocycles. The van der Waals surface area contributed by atoms with Crippen LogP contribution in [0.3, 0.4) is 0 Å². The van der Waals surface area contributed by atoms with Gasteiger partial charge in [-0.1, -0.05) is 0 Å². The minimum absolute atomic E-state index is 0.0965. The maximum atomic E-state index is 13.2. The van der Waals surface area contributed by atoms with Crippen molar-refractivity contribution in [3.8, 4) is 0 Å². The van der Waals surface area contributed by atoms with Crippen LogP contribution in [-0.2, 0) is 10.3 Å². The lowest BCUT2D eigenvalue weighted by Gasteiger charge is -2.38. The maximum Gasteiger partial charge on any atom is 0.186 e. The second-order valence-corrected chi connectivity index (χ2v) is 3.88. The van der Waals surface area contributed by atoms with Crippen LogP contribution >= 0.6 is 0 Å². The molecule has 5 heteroatoms. The normalized spacial score (nSPS) is 18.6. The fourth-order valence-corrected chi connectivity index (χ4v) is 1.80. The molecule has 2 N–H and O–H groups in total. The van der Waals surface area contributed by atoms with Crippen LogP contribution in [0, 0.1) is 12.7 Å². The zero-order chi connectivity index (χ0) is 11.1. The Morgan fingerprint density at radius 3 is 2.47 bits per heavy atom. The third-order valence-electron chi connectivity index (χ3n) is 3.00. The zero-order valence-electron chi connectivity index (χ0n) is 8.88. The first-order valence-electron chi connectivity index (χ1n) is 4.94. The number of methoxy groups -OCH3 is 1. The van der Waals surface area contributed by atoms with Crippen molar-refractivity contribution in [1.82, 2.24) is 9.97 Å². The monoisotopic (exact) mass is 211 g/mol. The van der Waals surface area contributed by atoms with Gasteiger partial charge in [0.15, 0.2) is 17.5 Å². The third kappa shape index (κ3) is 1.47. The zero-order valence-corrected chi connectivity index (χ0v) is 8.88. The van der Waals surface area contributed by atoms with Crippen LogP contribution in [-0.4, -0.2) is 17.1 Å². The van der Waals surface area contributed by atoms with E-state index in [-0.39, 0.29) is 11.5 Å². The van der Waals surface area contributed by atoms with Gasteiger partial charge in [0.25, 0.3) is 0 Å². The number of nitrogen functional groups attached to an aromatic ring is 1. The number of rotatable bonds is 2. The SMILES string of the molecule is COC1(c2nc(C)c(F)c(N)n2)CCC1. The topological polar surface area (TPSA) is 61.0 Å². The summed E-state index contributed by atoms with van der Waals surface area (Å²) < 4.78 is 18.6. The lowest BCUT2D eigenvalue weighted by molar-refractivity contribution is -0.0847. The fourth-order valence-electron chi connectivity index (χ4n) is 1.80. The summed E-state index contributed by atoms with van der Waals surface area (Å²) in [5.74, 6) is -0.127. The third-order valence-corrected chi connectivity index (χ3v) is 3.00. The minimum atomic E-state index is -0.538. The molecule has 0 aliphatic heterocycles. The Balaban J connectivity index is 2.45. The Morgan fingerprint density at radius 1 is 1.40 bits per heavy atom. The van der Waals surface area contributed by atoms with Crippen LogP contribution in [0.5, 0.6) is 0 Å². The lowest BCUT2D eigenvalue weighted by Crippen LogP contribution is -2.38. The summed E-state index contributed by atoms with van der Waals surface area (Å²) in [6.07, 6.45) is 2.82. The predicted octanol–water partition coefficient (Wildman–Crippen LogP) is 1.53. The average molecular weight is 211 g/mol. The highest BCUT2D eigenvalue weighted by Crippen LogP contribution is 2.42. The summed E-state index contributed by atoms with van der Waals surface area (Å²) in [6, 6.07) is 0. The number of nitrogens with zero attached hydrogens (tertiary/aromatic N) is 2. The van der Waals surface area contributed by atoms with Gasteiger partial charge in [-0.3, -0.25) is 0 Å². The van der Waals surface area contributed by atoms with Gasteiger partial charge in [0.05, 0.1) is 5.69 Å². The number of ether oxygens (including phenoxy) is 1. The summed E-state index contributed by atoms with van der Waals surface area (Å²) in [6.45, 7) is 1.58. The highest BCUT2D eigenvalue weighted by atomic mass is 19.1. The van der Waals surface area contributed by atoms with Gasteiger partial charge in [0.1, 0.15) is 5.60 Å². The first kappa shape index (κ1) is 10.3. The van der Waals surface area contributed by atoms with Crippen molar-refractivity contribution in [3.05, 3.63) is 17.3 Å². The summed E-state index contributed by atoms with van der Waals surface area (Å²) in [5, 5.41) is 0. The van der Waals surface area contributed by atoms with Crippen LogP contribution in [0.1, 0.15) is 30.8 Å². The molecule has 1 aliphatic carbocycles. The molecule has 0 saturated heterocycles. The Bertz CT molecular complexity index is 362. The molecule has 82 valence electrons. The van der Waals surface area contributed by atoms with E-state index in [4.69, 9.17) is 10.5 Å². The molecular weight excluding hydrogens is 197 g/mol. The number of anilines is 1. The van der Waals surface area contributed by atoms with Gasteiger partial charge < -0.3 is 10.5 Å². The van der Waals surface area contributed by atoms with Crippen LogP contribution in [0.2, 0.25) is 0 Å². The number of nitrogens with two attached hydrogens (primary N) is 1. The van der Waals surface area contributed by atoms with E-state index in [1.807, 2.05) is 0 Å². The maximum absolute atomic E-state index is 13.2. The van der Waals surface area contributed by atoms with Crippen molar-refractivity contribution in [2.75, 3.05) is 12.8 Å². The molecule has 0 aromatic carbocycles. The van der Waals surface area contributed by atoms with Crippen LogP contribution < -0.4 is 5.73 Å². The predicted molar refractivity (Wildman–Crippen MR) is 53.7 cm³/mol. The van der Waals surface area contributed by atoms with Crippen molar-refractivity contribution in [2.24, 2.45) is 0 Å². The van der Waals surface area contributed by atoms with E-state index < -0.39 is 11.4 Å². The summed E-state index contributed by atoms with van der Waals surface area (Å²) in [4.78, 5) is 8.07. The summed E-state index contributed by atoms with van der Waals surface area (Å²) in [5.41, 5.74) is 5.31.